The predicted molar refractivity (Wildman–Crippen MR) is 81.2 cm³/mol. The van der Waals surface area contributed by atoms with Crippen LogP contribution in [0.15, 0.2) is 36.4 Å². The first-order valence-corrected chi connectivity index (χ1v) is 6.88. The van der Waals surface area contributed by atoms with Gasteiger partial charge in [-0.2, -0.15) is 0 Å². The van der Waals surface area contributed by atoms with Crippen LogP contribution in [0.5, 0.6) is 11.5 Å². The molecule has 4 nitrogen and oxygen atoms in total. The lowest BCUT2D eigenvalue weighted by atomic mass is 9.98. The molecule has 0 radical (unpaired) electrons. The number of ether oxygens (including phenoxy) is 1. The van der Waals surface area contributed by atoms with Gasteiger partial charge in [-0.25, -0.2) is 0 Å². The van der Waals surface area contributed by atoms with Crippen molar-refractivity contribution in [1.29, 1.82) is 0 Å². The van der Waals surface area contributed by atoms with E-state index in [-0.39, 0.29) is 11.7 Å². The summed E-state index contributed by atoms with van der Waals surface area (Å²) in [6, 6.07) is 10.8. The Balaban J connectivity index is 1.96. The Morgan fingerprint density at radius 3 is 2.71 bits per heavy atom. The molecule has 1 amide bonds. The van der Waals surface area contributed by atoms with Gasteiger partial charge in [0.25, 0.3) is 5.91 Å². The molecule has 1 aliphatic rings. The summed E-state index contributed by atoms with van der Waals surface area (Å²) < 4.78 is 5.20. The van der Waals surface area contributed by atoms with Crippen LogP contribution in [-0.4, -0.2) is 24.7 Å². The number of carbonyl (C=O) groups excluding carboxylic acids is 1. The Morgan fingerprint density at radius 2 is 2.00 bits per heavy atom. The monoisotopic (exact) mass is 283 g/mol. The summed E-state index contributed by atoms with van der Waals surface area (Å²) in [4.78, 5) is 14.4. The van der Waals surface area contributed by atoms with E-state index in [9.17, 15) is 9.90 Å². The summed E-state index contributed by atoms with van der Waals surface area (Å²) in [6.45, 7) is 2.45. The minimum Gasteiger partial charge on any atom is -0.508 e. The summed E-state index contributed by atoms with van der Waals surface area (Å²) >= 11 is 0. The lowest BCUT2D eigenvalue weighted by Gasteiger charge is -2.29. The maximum Gasteiger partial charge on any atom is 0.258 e. The van der Waals surface area contributed by atoms with E-state index in [1.54, 1.807) is 24.1 Å². The fourth-order valence-electron chi connectivity index (χ4n) is 2.65. The molecule has 4 heteroatoms. The molecule has 21 heavy (non-hydrogen) atoms. The lowest BCUT2D eigenvalue weighted by Crippen LogP contribution is -2.37. The summed E-state index contributed by atoms with van der Waals surface area (Å²) in [5.41, 5.74) is 3.32. The van der Waals surface area contributed by atoms with Crippen molar-refractivity contribution in [3.8, 4) is 11.5 Å². The average Bonchev–Trinajstić information content (AvgIpc) is 2.50. The van der Waals surface area contributed by atoms with Crippen molar-refractivity contribution in [2.24, 2.45) is 0 Å². The zero-order chi connectivity index (χ0) is 15.0. The van der Waals surface area contributed by atoms with Crippen LogP contribution in [0.2, 0.25) is 0 Å². The third kappa shape index (κ3) is 2.33. The van der Waals surface area contributed by atoms with E-state index < -0.39 is 0 Å². The topological polar surface area (TPSA) is 49.8 Å². The Bertz CT molecular complexity index is 709. The molecule has 0 aliphatic carbocycles. The van der Waals surface area contributed by atoms with Gasteiger partial charge in [0.05, 0.1) is 7.11 Å². The summed E-state index contributed by atoms with van der Waals surface area (Å²) in [6.07, 6.45) is 0.790. The fourth-order valence-corrected chi connectivity index (χ4v) is 2.65. The van der Waals surface area contributed by atoms with Gasteiger partial charge in [0, 0.05) is 17.8 Å². The van der Waals surface area contributed by atoms with Crippen LogP contribution in [0.3, 0.4) is 0 Å². The molecule has 0 saturated carbocycles. The van der Waals surface area contributed by atoms with Gasteiger partial charge < -0.3 is 14.7 Å². The number of hydrogen-bond acceptors (Lipinski definition) is 3. The van der Waals surface area contributed by atoms with Crippen LogP contribution in [0.1, 0.15) is 21.5 Å². The number of phenols is 1. The average molecular weight is 283 g/mol. The number of benzene rings is 2. The first-order valence-electron chi connectivity index (χ1n) is 6.88. The number of methoxy groups -OCH3 is 1. The molecule has 2 aromatic rings. The number of fused-ring (bicyclic) bond motifs is 1. The second-order valence-electron chi connectivity index (χ2n) is 5.20. The lowest BCUT2D eigenvalue weighted by molar-refractivity contribution is 0.0980. The quantitative estimate of drug-likeness (QED) is 0.922. The number of phenolic OH excluding ortho intramolecular Hbond substituents is 1. The molecular formula is C17H17NO3. The van der Waals surface area contributed by atoms with Crippen LogP contribution in [0.25, 0.3) is 0 Å². The van der Waals surface area contributed by atoms with Crippen LogP contribution >= 0.6 is 0 Å². The number of aryl methyl sites for hydroxylation is 1. The first-order chi connectivity index (χ1) is 10.1. The number of anilines is 1. The Hall–Kier alpha value is -2.49. The standard InChI is InChI=1S/C17H17NO3/c1-11-9-13(3-6-16(11)19)18-8-7-12-10-14(21-2)4-5-15(12)17(18)20/h3-6,9-10,19H,7-8H2,1-2H3. The van der Waals surface area contributed by atoms with Crippen molar-refractivity contribution in [1.82, 2.24) is 0 Å². The largest absolute Gasteiger partial charge is 0.508 e. The third-order valence-corrected chi connectivity index (χ3v) is 3.88. The van der Waals surface area contributed by atoms with E-state index in [4.69, 9.17) is 4.74 Å². The third-order valence-electron chi connectivity index (χ3n) is 3.88. The molecular weight excluding hydrogens is 266 g/mol. The zero-order valence-electron chi connectivity index (χ0n) is 12.1. The molecule has 108 valence electrons. The van der Waals surface area contributed by atoms with Crippen molar-refractivity contribution in [2.75, 3.05) is 18.6 Å². The van der Waals surface area contributed by atoms with Gasteiger partial charge in [0.15, 0.2) is 0 Å². The molecule has 0 aromatic heterocycles. The van der Waals surface area contributed by atoms with Gasteiger partial charge in [-0.3, -0.25) is 4.79 Å². The molecule has 0 bridgehead atoms. The van der Waals surface area contributed by atoms with E-state index >= 15 is 0 Å². The molecule has 0 fully saturated rings. The van der Waals surface area contributed by atoms with E-state index in [0.717, 1.165) is 29.0 Å². The summed E-state index contributed by atoms with van der Waals surface area (Å²) in [7, 11) is 1.62. The highest BCUT2D eigenvalue weighted by molar-refractivity contribution is 6.08. The number of carbonyl (C=O) groups is 1. The first kappa shape index (κ1) is 13.5. The smallest absolute Gasteiger partial charge is 0.258 e. The van der Waals surface area contributed by atoms with E-state index in [1.165, 1.54) is 0 Å². The van der Waals surface area contributed by atoms with Gasteiger partial charge >= 0.3 is 0 Å². The fraction of sp³-hybridized carbons (Fsp3) is 0.235. The molecule has 0 unspecified atom stereocenters. The highest BCUT2D eigenvalue weighted by Gasteiger charge is 2.26. The summed E-state index contributed by atoms with van der Waals surface area (Å²) in [5, 5.41) is 9.61. The molecule has 3 rings (SSSR count). The number of aromatic hydroxyl groups is 1. The molecule has 1 aliphatic heterocycles. The summed E-state index contributed by atoms with van der Waals surface area (Å²) in [5.74, 6) is 1.01. The highest BCUT2D eigenvalue weighted by Crippen LogP contribution is 2.29. The molecule has 0 saturated heterocycles. The SMILES string of the molecule is COc1ccc2c(c1)CCN(c1ccc(O)c(C)c1)C2=O. The molecule has 2 aromatic carbocycles. The van der Waals surface area contributed by atoms with Crippen molar-refractivity contribution >= 4 is 11.6 Å². The minimum atomic E-state index is -0.0102. The number of nitrogens with zero attached hydrogens (tertiary/aromatic N) is 1. The van der Waals surface area contributed by atoms with Crippen LogP contribution < -0.4 is 9.64 Å². The van der Waals surface area contributed by atoms with Gasteiger partial charge in [0.2, 0.25) is 0 Å². The van der Waals surface area contributed by atoms with Crippen molar-refractivity contribution < 1.29 is 14.6 Å². The van der Waals surface area contributed by atoms with Crippen molar-refractivity contribution in [3.63, 3.8) is 0 Å². The number of amides is 1. The molecule has 0 atom stereocenters. The molecule has 0 spiro atoms. The van der Waals surface area contributed by atoms with E-state index in [2.05, 4.69) is 0 Å². The molecule has 1 N–H and O–H groups in total. The maximum absolute atomic E-state index is 12.6. The Labute approximate surface area is 123 Å². The number of rotatable bonds is 2. The van der Waals surface area contributed by atoms with Crippen LogP contribution in [-0.2, 0) is 6.42 Å². The Morgan fingerprint density at radius 1 is 1.19 bits per heavy atom. The zero-order valence-corrected chi connectivity index (χ0v) is 12.1. The van der Waals surface area contributed by atoms with Crippen LogP contribution in [0, 0.1) is 6.92 Å². The minimum absolute atomic E-state index is 0.0102. The van der Waals surface area contributed by atoms with Gasteiger partial charge in [-0.05, 0) is 60.9 Å². The van der Waals surface area contributed by atoms with Crippen molar-refractivity contribution in [2.45, 2.75) is 13.3 Å². The second kappa shape index (κ2) is 5.13. The number of hydrogen-bond donors (Lipinski definition) is 1. The van der Waals surface area contributed by atoms with Gasteiger partial charge in [-0.1, -0.05) is 0 Å². The van der Waals surface area contributed by atoms with Gasteiger partial charge in [0.1, 0.15) is 11.5 Å². The Kier molecular flexibility index (Phi) is 3.29. The molecule has 1 heterocycles. The van der Waals surface area contributed by atoms with E-state index in [1.807, 2.05) is 31.2 Å². The van der Waals surface area contributed by atoms with E-state index in [0.29, 0.717) is 12.1 Å². The maximum atomic E-state index is 12.6. The van der Waals surface area contributed by atoms with Crippen molar-refractivity contribution in [3.05, 3.63) is 53.1 Å². The predicted octanol–water partition coefficient (Wildman–Crippen LogP) is 2.91. The van der Waals surface area contributed by atoms with Gasteiger partial charge in [-0.15, -0.1) is 0 Å². The van der Waals surface area contributed by atoms with Crippen LogP contribution in [0.4, 0.5) is 5.69 Å². The normalized spacial score (nSPS) is 14.0. The highest BCUT2D eigenvalue weighted by atomic mass is 16.5. The second-order valence-corrected chi connectivity index (χ2v) is 5.20.